The second-order valence-electron chi connectivity index (χ2n) is 9.82. The Bertz CT molecular complexity index is 1460. The molecule has 0 N–H and O–H groups in total. The number of benzene rings is 4. The van der Waals surface area contributed by atoms with Gasteiger partial charge >= 0.3 is 0 Å². The van der Waals surface area contributed by atoms with Crippen LogP contribution in [-0.2, 0) is 29.2 Å². The van der Waals surface area contributed by atoms with Crippen LogP contribution in [0, 0.1) is 0 Å². The molecule has 42 heavy (non-hydrogen) atoms. The van der Waals surface area contributed by atoms with Gasteiger partial charge < -0.3 is 23.8 Å². The summed E-state index contributed by atoms with van der Waals surface area (Å²) in [6.07, 6.45) is 3.73. The van der Waals surface area contributed by atoms with E-state index in [-0.39, 0.29) is 0 Å². The molecular formula is C35H37N3O4. The summed E-state index contributed by atoms with van der Waals surface area (Å²) in [7, 11) is 1.70. The number of hydrogen-bond acceptors (Lipinski definition) is 6. The van der Waals surface area contributed by atoms with Crippen LogP contribution in [0.15, 0.2) is 122 Å². The predicted molar refractivity (Wildman–Crippen MR) is 165 cm³/mol. The van der Waals surface area contributed by atoms with Gasteiger partial charge in [0.05, 0.1) is 39.2 Å². The van der Waals surface area contributed by atoms with Crippen LogP contribution >= 0.6 is 0 Å². The van der Waals surface area contributed by atoms with Crippen molar-refractivity contribution in [2.75, 3.05) is 38.4 Å². The zero-order valence-corrected chi connectivity index (χ0v) is 24.0. The van der Waals surface area contributed by atoms with Gasteiger partial charge in [-0.25, -0.2) is 4.68 Å². The molecule has 4 aromatic carbocycles. The standard InChI is InChI=1S/C35H37N3O4/c1-39-35-10-5-9-31(25-35)27-37(26-29-11-13-33(14-12-29)38-20-6-19-36-38)32-15-17-34(18-16-32)42-24-23-40-21-22-41-28-30-7-3-2-4-8-30/h2-20,25H,21-24,26-28H2,1H3. The molecule has 216 valence electrons. The molecule has 0 aliphatic rings. The third-order valence-electron chi connectivity index (χ3n) is 6.77. The van der Waals surface area contributed by atoms with Gasteiger partial charge in [-0.15, -0.1) is 0 Å². The minimum Gasteiger partial charge on any atom is -0.497 e. The van der Waals surface area contributed by atoms with Crippen molar-refractivity contribution < 1.29 is 18.9 Å². The molecule has 1 heterocycles. The largest absolute Gasteiger partial charge is 0.497 e. The maximum atomic E-state index is 5.92. The lowest BCUT2D eigenvalue weighted by Gasteiger charge is -2.26. The van der Waals surface area contributed by atoms with Gasteiger partial charge in [0.1, 0.15) is 18.1 Å². The van der Waals surface area contributed by atoms with Gasteiger partial charge in [0.25, 0.3) is 0 Å². The van der Waals surface area contributed by atoms with E-state index in [4.69, 9.17) is 18.9 Å². The first-order valence-corrected chi connectivity index (χ1v) is 14.2. The van der Waals surface area contributed by atoms with E-state index in [0.717, 1.165) is 41.5 Å². The third-order valence-corrected chi connectivity index (χ3v) is 6.77. The van der Waals surface area contributed by atoms with Gasteiger partial charge in [0.2, 0.25) is 0 Å². The van der Waals surface area contributed by atoms with E-state index >= 15 is 0 Å². The summed E-state index contributed by atoms with van der Waals surface area (Å²) in [4.78, 5) is 2.35. The maximum Gasteiger partial charge on any atom is 0.119 e. The molecule has 0 saturated carbocycles. The topological polar surface area (TPSA) is 58.0 Å². The summed E-state index contributed by atoms with van der Waals surface area (Å²) in [6.45, 7) is 4.16. The lowest BCUT2D eigenvalue weighted by atomic mass is 10.1. The smallest absolute Gasteiger partial charge is 0.119 e. The van der Waals surface area contributed by atoms with Gasteiger partial charge in [-0.1, -0.05) is 54.6 Å². The highest BCUT2D eigenvalue weighted by Crippen LogP contribution is 2.25. The third kappa shape index (κ3) is 8.70. The Kier molecular flexibility index (Phi) is 10.6. The van der Waals surface area contributed by atoms with Crippen LogP contribution in [0.5, 0.6) is 11.5 Å². The Balaban J connectivity index is 1.14. The minimum absolute atomic E-state index is 0.480. The van der Waals surface area contributed by atoms with E-state index in [1.54, 1.807) is 13.3 Å². The van der Waals surface area contributed by atoms with Gasteiger partial charge in [-0.2, -0.15) is 5.10 Å². The van der Waals surface area contributed by atoms with Crippen molar-refractivity contribution in [2.24, 2.45) is 0 Å². The van der Waals surface area contributed by atoms with Crippen molar-refractivity contribution in [2.45, 2.75) is 19.7 Å². The van der Waals surface area contributed by atoms with Crippen LogP contribution in [0.25, 0.3) is 5.69 Å². The van der Waals surface area contributed by atoms with Crippen LogP contribution in [0.1, 0.15) is 16.7 Å². The van der Waals surface area contributed by atoms with E-state index < -0.39 is 0 Å². The highest BCUT2D eigenvalue weighted by molar-refractivity contribution is 5.51. The quantitative estimate of drug-likeness (QED) is 0.125. The highest BCUT2D eigenvalue weighted by Gasteiger charge is 2.11. The molecule has 5 rings (SSSR count). The first-order valence-electron chi connectivity index (χ1n) is 14.2. The molecule has 7 nitrogen and oxygen atoms in total. The highest BCUT2D eigenvalue weighted by atomic mass is 16.5. The number of ether oxygens (including phenoxy) is 4. The number of hydrogen-bond donors (Lipinski definition) is 0. The van der Waals surface area contributed by atoms with Crippen molar-refractivity contribution in [1.82, 2.24) is 9.78 Å². The fourth-order valence-corrected chi connectivity index (χ4v) is 4.58. The lowest BCUT2D eigenvalue weighted by molar-refractivity contribution is 0.0303. The molecule has 7 heteroatoms. The summed E-state index contributed by atoms with van der Waals surface area (Å²) in [5.74, 6) is 1.66. The SMILES string of the molecule is COc1cccc(CN(Cc2ccc(-n3cccn3)cc2)c2ccc(OCCOCCOCc3ccccc3)cc2)c1. The van der Waals surface area contributed by atoms with Gasteiger partial charge in [0.15, 0.2) is 0 Å². The van der Waals surface area contributed by atoms with Crippen LogP contribution in [0.4, 0.5) is 5.69 Å². The number of nitrogens with zero attached hydrogens (tertiary/aromatic N) is 3. The number of aromatic nitrogens is 2. The van der Waals surface area contributed by atoms with E-state index in [1.165, 1.54) is 11.1 Å². The number of anilines is 1. The van der Waals surface area contributed by atoms with Crippen LogP contribution < -0.4 is 14.4 Å². The molecule has 0 bridgehead atoms. The van der Waals surface area contributed by atoms with Crippen molar-refractivity contribution in [3.8, 4) is 17.2 Å². The lowest BCUT2D eigenvalue weighted by Crippen LogP contribution is -2.22. The number of rotatable bonds is 16. The molecular weight excluding hydrogens is 526 g/mol. The number of methoxy groups -OCH3 is 1. The molecule has 5 aromatic rings. The first-order chi connectivity index (χ1) is 20.8. The van der Waals surface area contributed by atoms with E-state index in [1.807, 2.05) is 59.4 Å². The zero-order valence-electron chi connectivity index (χ0n) is 24.0. The first kappa shape index (κ1) is 28.9. The molecule has 0 aliphatic heterocycles. The Hall–Kier alpha value is -4.59. The van der Waals surface area contributed by atoms with Crippen molar-refractivity contribution in [1.29, 1.82) is 0 Å². The second kappa shape index (κ2) is 15.4. The van der Waals surface area contributed by atoms with E-state index in [2.05, 4.69) is 70.7 Å². The molecule has 0 spiro atoms. The van der Waals surface area contributed by atoms with Gasteiger partial charge in [-0.3, -0.25) is 0 Å². The second-order valence-corrected chi connectivity index (χ2v) is 9.82. The molecule has 0 aliphatic carbocycles. The fraction of sp³-hybridized carbons (Fsp3) is 0.229. The Morgan fingerprint density at radius 2 is 1.38 bits per heavy atom. The minimum atomic E-state index is 0.480. The summed E-state index contributed by atoms with van der Waals surface area (Å²) in [5, 5.41) is 4.33. The molecule has 0 radical (unpaired) electrons. The van der Waals surface area contributed by atoms with Crippen molar-refractivity contribution >= 4 is 5.69 Å². The Labute approximate surface area is 247 Å². The van der Waals surface area contributed by atoms with Crippen LogP contribution in [-0.4, -0.2) is 43.3 Å². The van der Waals surface area contributed by atoms with Crippen LogP contribution in [0.3, 0.4) is 0 Å². The Morgan fingerprint density at radius 3 is 2.14 bits per heavy atom. The van der Waals surface area contributed by atoms with E-state index in [0.29, 0.717) is 33.0 Å². The van der Waals surface area contributed by atoms with Crippen molar-refractivity contribution in [3.63, 3.8) is 0 Å². The average Bonchev–Trinajstić information content (AvgIpc) is 3.59. The summed E-state index contributed by atoms with van der Waals surface area (Å²) < 4.78 is 24.6. The van der Waals surface area contributed by atoms with Crippen LogP contribution in [0.2, 0.25) is 0 Å². The predicted octanol–water partition coefficient (Wildman–Crippen LogP) is 6.70. The van der Waals surface area contributed by atoms with Crippen molar-refractivity contribution in [3.05, 3.63) is 138 Å². The molecule has 0 unspecified atom stereocenters. The normalized spacial score (nSPS) is 10.9. The average molecular weight is 564 g/mol. The van der Waals surface area contributed by atoms with Gasteiger partial charge in [0, 0.05) is 31.2 Å². The molecule has 0 saturated heterocycles. The molecule has 0 fully saturated rings. The summed E-state index contributed by atoms with van der Waals surface area (Å²) >= 11 is 0. The monoisotopic (exact) mass is 563 g/mol. The van der Waals surface area contributed by atoms with Gasteiger partial charge in [-0.05, 0) is 71.3 Å². The van der Waals surface area contributed by atoms with E-state index in [9.17, 15) is 0 Å². The molecule has 0 atom stereocenters. The Morgan fingerprint density at radius 1 is 0.643 bits per heavy atom. The summed E-state index contributed by atoms with van der Waals surface area (Å²) in [5.41, 5.74) is 5.68. The molecule has 0 amide bonds. The molecule has 1 aromatic heterocycles. The zero-order chi connectivity index (χ0) is 28.8. The summed E-state index contributed by atoms with van der Waals surface area (Å²) in [6, 6.07) is 37.0. The maximum absolute atomic E-state index is 5.92. The fourth-order valence-electron chi connectivity index (χ4n) is 4.58.